The highest BCUT2D eigenvalue weighted by molar-refractivity contribution is 5.85. The Kier molecular flexibility index (Phi) is 4.90. The van der Waals surface area contributed by atoms with Crippen LogP contribution in [0.2, 0.25) is 0 Å². The summed E-state index contributed by atoms with van der Waals surface area (Å²) in [6.07, 6.45) is 0.347. The minimum absolute atomic E-state index is 0.0161. The van der Waals surface area contributed by atoms with Crippen LogP contribution in [0.4, 0.5) is 19.4 Å². The number of halogens is 2. The van der Waals surface area contributed by atoms with Gasteiger partial charge in [0.15, 0.2) is 5.82 Å². The predicted molar refractivity (Wildman–Crippen MR) is 88.4 cm³/mol. The summed E-state index contributed by atoms with van der Waals surface area (Å²) in [4.78, 5) is 12.0. The molecular weight excluding hydrogens is 342 g/mol. The van der Waals surface area contributed by atoms with Crippen molar-refractivity contribution in [2.75, 3.05) is 5.32 Å². The quantitative estimate of drug-likeness (QED) is 0.773. The molecule has 1 heterocycles. The van der Waals surface area contributed by atoms with Gasteiger partial charge in [0.2, 0.25) is 0 Å². The summed E-state index contributed by atoms with van der Waals surface area (Å²) in [6.45, 7) is 0.0251. The van der Waals surface area contributed by atoms with Gasteiger partial charge >= 0.3 is 6.09 Å². The van der Waals surface area contributed by atoms with E-state index in [9.17, 15) is 13.6 Å². The molecule has 26 heavy (non-hydrogen) atoms. The van der Waals surface area contributed by atoms with Crippen molar-refractivity contribution in [3.8, 4) is 11.8 Å². The van der Waals surface area contributed by atoms with Gasteiger partial charge in [0.05, 0.1) is 11.9 Å². The number of ether oxygens (including phenoxy) is 1. The van der Waals surface area contributed by atoms with E-state index in [1.807, 2.05) is 12.1 Å². The molecule has 3 rings (SSSR count). The first-order valence-corrected chi connectivity index (χ1v) is 7.49. The fourth-order valence-corrected chi connectivity index (χ4v) is 2.26. The van der Waals surface area contributed by atoms with Crippen LogP contribution in [-0.4, -0.2) is 15.9 Å². The molecule has 0 saturated carbocycles. The molecule has 8 heteroatoms. The molecule has 0 radical (unpaired) electrons. The van der Waals surface area contributed by atoms with E-state index in [0.29, 0.717) is 6.07 Å². The standard InChI is InChI=1S/C18H12F2N4O2/c19-14-6-15(20)8-16(7-14)24-17(13(9-21)10-22-24)23-18(25)26-11-12-4-2-1-3-5-12/h1-8,10H,11H2,(H,23,25). The van der Waals surface area contributed by atoms with Crippen LogP contribution in [0, 0.1) is 23.0 Å². The molecule has 3 aromatic rings. The summed E-state index contributed by atoms with van der Waals surface area (Å²) < 4.78 is 33.0. The molecule has 2 aromatic carbocycles. The topological polar surface area (TPSA) is 79.9 Å². The monoisotopic (exact) mass is 354 g/mol. The van der Waals surface area contributed by atoms with Gasteiger partial charge in [-0.3, -0.25) is 5.32 Å². The van der Waals surface area contributed by atoms with Crippen molar-refractivity contribution < 1.29 is 18.3 Å². The van der Waals surface area contributed by atoms with E-state index in [1.54, 1.807) is 24.3 Å². The maximum absolute atomic E-state index is 13.4. The Balaban J connectivity index is 1.82. The van der Waals surface area contributed by atoms with Crippen LogP contribution >= 0.6 is 0 Å². The number of hydrogen-bond acceptors (Lipinski definition) is 4. The van der Waals surface area contributed by atoms with Crippen LogP contribution in [-0.2, 0) is 11.3 Å². The van der Waals surface area contributed by atoms with Gasteiger partial charge in [0.25, 0.3) is 0 Å². The summed E-state index contributed by atoms with van der Waals surface area (Å²) in [5.74, 6) is -1.67. The number of amides is 1. The first kappa shape index (κ1) is 17.1. The normalized spacial score (nSPS) is 10.2. The highest BCUT2D eigenvalue weighted by atomic mass is 19.1. The number of nitrogens with one attached hydrogen (secondary N) is 1. The van der Waals surface area contributed by atoms with Crippen LogP contribution in [0.3, 0.4) is 0 Å². The number of nitriles is 1. The van der Waals surface area contributed by atoms with Gasteiger partial charge in [0.1, 0.15) is 29.9 Å². The molecule has 0 fully saturated rings. The first-order chi connectivity index (χ1) is 12.6. The van der Waals surface area contributed by atoms with Crippen LogP contribution in [0.1, 0.15) is 11.1 Å². The third-order valence-corrected chi connectivity index (χ3v) is 3.41. The zero-order valence-corrected chi connectivity index (χ0v) is 13.3. The van der Waals surface area contributed by atoms with Crippen LogP contribution in [0.25, 0.3) is 5.69 Å². The van der Waals surface area contributed by atoms with Crippen molar-refractivity contribution in [1.82, 2.24) is 9.78 Å². The molecule has 0 aliphatic rings. The Hall–Kier alpha value is -3.73. The summed E-state index contributed by atoms with van der Waals surface area (Å²) in [6, 6.07) is 13.6. The zero-order valence-electron chi connectivity index (χ0n) is 13.3. The highest BCUT2D eigenvalue weighted by Crippen LogP contribution is 2.21. The number of benzene rings is 2. The minimum atomic E-state index is -0.830. The third-order valence-electron chi connectivity index (χ3n) is 3.41. The summed E-state index contributed by atoms with van der Waals surface area (Å²) in [7, 11) is 0. The number of carbonyl (C=O) groups excluding carboxylic acids is 1. The molecule has 0 bridgehead atoms. The van der Waals surface area contributed by atoms with Crippen molar-refractivity contribution in [3.05, 3.63) is 77.5 Å². The fraction of sp³-hybridized carbons (Fsp3) is 0.0556. The van der Waals surface area contributed by atoms with Gasteiger partial charge in [-0.15, -0.1) is 0 Å². The molecular formula is C18H12F2N4O2. The molecule has 0 spiro atoms. The largest absolute Gasteiger partial charge is 0.444 e. The van der Waals surface area contributed by atoms with E-state index in [0.717, 1.165) is 22.4 Å². The second-order valence-corrected chi connectivity index (χ2v) is 5.24. The molecule has 0 atom stereocenters. The second kappa shape index (κ2) is 7.44. The molecule has 0 unspecified atom stereocenters. The Bertz CT molecular complexity index is 960. The lowest BCUT2D eigenvalue weighted by Crippen LogP contribution is -2.17. The van der Waals surface area contributed by atoms with Gasteiger partial charge in [-0.2, -0.15) is 10.4 Å². The highest BCUT2D eigenvalue weighted by Gasteiger charge is 2.17. The Labute approximate surface area is 147 Å². The maximum atomic E-state index is 13.4. The molecule has 6 nitrogen and oxygen atoms in total. The maximum Gasteiger partial charge on any atom is 0.413 e. The van der Waals surface area contributed by atoms with Crippen LogP contribution in [0.5, 0.6) is 0 Å². The lowest BCUT2D eigenvalue weighted by Gasteiger charge is -2.10. The number of carbonyl (C=O) groups is 1. The van der Waals surface area contributed by atoms with Crippen molar-refractivity contribution in [2.45, 2.75) is 6.61 Å². The van der Waals surface area contributed by atoms with Gasteiger partial charge in [-0.05, 0) is 17.7 Å². The van der Waals surface area contributed by atoms with E-state index < -0.39 is 17.7 Å². The van der Waals surface area contributed by atoms with Crippen LogP contribution < -0.4 is 5.32 Å². The van der Waals surface area contributed by atoms with Crippen molar-refractivity contribution >= 4 is 11.9 Å². The molecule has 1 amide bonds. The van der Waals surface area contributed by atoms with Gasteiger partial charge in [-0.1, -0.05) is 30.3 Å². The van der Waals surface area contributed by atoms with E-state index in [-0.39, 0.29) is 23.7 Å². The second-order valence-electron chi connectivity index (χ2n) is 5.24. The van der Waals surface area contributed by atoms with Crippen molar-refractivity contribution in [3.63, 3.8) is 0 Å². The van der Waals surface area contributed by atoms with Crippen molar-refractivity contribution in [1.29, 1.82) is 5.26 Å². The molecule has 0 saturated heterocycles. The fourth-order valence-electron chi connectivity index (χ4n) is 2.26. The van der Waals surface area contributed by atoms with E-state index in [1.165, 1.54) is 6.20 Å². The minimum Gasteiger partial charge on any atom is -0.444 e. The van der Waals surface area contributed by atoms with E-state index in [4.69, 9.17) is 10.00 Å². The smallest absolute Gasteiger partial charge is 0.413 e. The third kappa shape index (κ3) is 3.84. The number of nitrogens with zero attached hydrogens (tertiary/aromatic N) is 3. The van der Waals surface area contributed by atoms with Gasteiger partial charge in [-0.25, -0.2) is 18.3 Å². The Morgan fingerprint density at radius 2 is 1.88 bits per heavy atom. The lowest BCUT2D eigenvalue weighted by atomic mass is 10.2. The van der Waals surface area contributed by atoms with Gasteiger partial charge in [0, 0.05) is 6.07 Å². The first-order valence-electron chi connectivity index (χ1n) is 7.49. The van der Waals surface area contributed by atoms with E-state index in [2.05, 4.69) is 10.4 Å². The molecule has 0 aliphatic carbocycles. The number of hydrogen-bond donors (Lipinski definition) is 1. The summed E-state index contributed by atoms with van der Waals surface area (Å²) in [5.41, 5.74) is 0.817. The number of aromatic nitrogens is 2. The number of rotatable bonds is 4. The summed E-state index contributed by atoms with van der Waals surface area (Å²) >= 11 is 0. The SMILES string of the molecule is N#Cc1cnn(-c2cc(F)cc(F)c2)c1NC(=O)OCc1ccccc1. The zero-order chi connectivity index (χ0) is 18.5. The number of anilines is 1. The van der Waals surface area contributed by atoms with Crippen LogP contribution in [0.15, 0.2) is 54.7 Å². The molecule has 1 aromatic heterocycles. The average Bonchev–Trinajstić information content (AvgIpc) is 3.02. The molecule has 130 valence electrons. The average molecular weight is 354 g/mol. The lowest BCUT2D eigenvalue weighted by molar-refractivity contribution is 0.155. The molecule has 0 aliphatic heterocycles. The van der Waals surface area contributed by atoms with E-state index >= 15 is 0 Å². The summed E-state index contributed by atoms with van der Waals surface area (Å²) in [5, 5.41) is 15.5. The predicted octanol–water partition coefficient (Wildman–Crippen LogP) is 3.77. The molecule has 1 N–H and O–H groups in total. The van der Waals surface area contributed by atoms with Crippen molar-refractivity contribution in [2.24, 2.45) is 0 Å². The Morgan fingerprint density at radius 1 is 1.19 bits per heavy atom. The Morgan fingerprint density at radius 3 is 2.54 bits per heavy atom. The van der Waals surface area contributed by atoms with Gasteiger partial charge < -0.3 is 4.74 Å².